The molecule has 1 fully saturated rings. The van der Waals surface area contributed by atoms with Gasteiger partial charge in [0.15, 0.2) is 0 Å². The van der Waals surface area contributed by atoms with Crippen molar-refractivity contribution in [1.82, 2.24) is 0 Å². The summed E-state index contributed by atoms with van der Waals surface area (Å²) in [7, 11) is 0. The molecule has 94 valence electrons. The van der Waals surface area contributed by atoms with Crippen molar-refractivity contribution >= 4 is 0 Å². The van der Waals surface area contributed by atoms with E-state index < -0.39 is 0 Å². The molecule has 0 spiro atoms. The van der Waals surface area contributed by atoms with E-state index in [9.17, 15) is 4.39 Å². The molecule has 0 N–H and O–H groups in total. The fourth-order valence-corrected chi connectivity index (χ4v) is 3.54. The third-order valence-corrected chi connectivity index (χ3v) is 4.34. The van der Waals surface area contributed by atoms with E-state index in [1.165, 1.54) is 18.4 Å². The van der Waals surface area contributed by atoms with Crippen LogP contribution < -0.4 is 0 Å². The molecule has 2 aliphatic carbocycles. The zero-order valence-corrected chi connectivity index (χ0v) is 10.8. The van der Waals surface area contributed by atoms with Gasteiger partial charge in [-0.15, -0.1) is 0 Å². The fourth-order valence-electron chi connectivity index (χ4n) is 3.54. The van der Waals surface area contributed by atoms with Crippen LogP contribution in [0.4, 0.5) is 4.39 Å². The highest BCUT2D eigenvalue weighted by Crippen LogP contribution is 2.47. The van der Waals surface area contributed by atoms with Gasteiger partial charge in [-0.05, 0) is 48.6 Å². The molecule has 0 amide bonds. The average Bonchev–Trinajstić information content (AvgIpc) is 2.62. The molecule has 2 aliphatic rings. The second-order valence-electron chi connectivity index (χ2n) is 5.68. The van der Waals surface area contributed by atoms with Crippen molar-refractivity contribution in [3.05, 3.63) is 59.4 Å². The van der Waals surface area contributed by atoms with Crippen molar-refractivity contribution in [2.24, 2.45) is 11.8 Å². The topological polar surface area (TPSA) is 0 Å². The average molecular weight is 242 g/mol. The first kappa shape index (κ1) is 11.7. The number of hydrogen-bond acceptors (Lipinski definition) is 0. The molecule has 0 aliphatic heterocycles. The molecule has 0 radical (unpaired) electrons. The lowest BCUT2D eigenvalue weighted by atomic mass is 9.81. The molecular formula is C17H19F. The van der Waals surface area contributed by atoms with Gasteiger partial charge in [0.25, 0.3) is 0 Å². The predicted octanol–water partition coefficient (Wildman–Crippen LogP) is 4.84. The highest BCUT2D eigenvalue weighted by Gasteiger charge is 2.34. The SMILES string of the molecule is CC1CC2=CC=CCC(c3ccccc3F)C2C1. The fraction of sp³-hybridized carbons (Fsp3) is 0.412. The summed E-state index contributed by atoms with van der Waals surface area (Å²) in [5.41, 5.74) is 2.42. The third kappa shape index (κ3) is 2.03. The van der Waals surface area contributed by atoms with Crippen LogP contribution in [0.5, 0.6) is 0 Å². The van der Waals surface area contributed by atoms with E-state index in [0.717, 1.165) is 17.9 Å². The van der Waals surface area contributed by atoms with Crippen LogP contribution in [0.25, 0.3) is 0 Å². The highest BCUT2D eigenvalue weighted by molar-refractivity contribution is 5.32. The van der Waals surface area contributed by atoms with Crippen LogP contribution in [0.1, 0.15) is 37.7 Å². The minimum Gasteiger partial charge on any atom is -0.207 e. The molecule has 1 aromatic rings. The summed E-state index contributed by atoms with van der Waals surface area (Å²) in [6, 6.07) is 7.28. The first-order valence-electron chi connectivity index (χ1n) is 6.85. The number of rotatable bonds is 1. The van der Waals surface area contributed by atoms with Crippen molar-refractivity contribution in [2.45, 2.75) is 32.1 Å². The van der Waals surface area contributed by atoms with Crippen molar-refractivity contribution in [3.8, 4) is 0 Å². The van der Waals surface area contributed by atoms with Crippen LogP contribution in [0.15, 0.2) is 48.1 Å². The van der Waals surface area contributed by atoms with Gasteiger partial charge in [0, 0.05) is 0 Å². The summed E-state index contributed by atoms with van der Waals surface area (Å²) in [6.45, 7) is 2.30. The van der Waals surface area contributed by atoms with E-state index in [-0.39, 0.29) is 5.82 Å². The molecule has 18 heavy (non-hydrogen) atoms. The van der Waals surface area contributed by atoms with Crippen molar-refractivity contribution in [3.63, 3.8) is 0 Å². The van der Waals surface area contributed by atoms with E-state index >= 15 is 0 Å². The Morgan fingerprint density at radius 3 is 2.83 bits per heavy atom. The Balaban J connectivity index is 1.99. The zero-order valence-electron chi connectivity index (χ0n) is 10.8. The van der Waals surface area contributed by atoms with Crippen LogP contribution >= 0.6 is 0 Å². The lowest BCUT2D eigenvalue weighted by Gasteiger charge is -2.24. The van der Waals surface area contributed by atoms with Gasteiger partial charge >= 0.3 is 0 Å². The van der Waals surface area contributed by atoms with E-state index in [2.05, 4.69) is 25.2 Å². The molecule has 3 atom stereocenters. The first-order valence-corrected chi connectivity index (χ1v) is 6.85. The molecule has 3 rings (SSSR count). The Morgan fingerprint density at radius 1 is 1.17 bits per heavy atom. The Morgan fingerprint density at radius 2 is 2.00 bits per heavy atom. The maximum absolute atomic E-state index is 14.0. The molecule has 1 saturated carbocycles. The molecule has 3 unspecified atom stereocenters. The summed E-state index contributed by atoms with van der Waals surface area (Å²) in [5, 5.41) is 0. The number of fused-ring (bicyclic) bond motifs is 1. The van der Waals surface area contributed by atoms with E-state index in [1.807, 2.05) is 12.1 Å². The van der Waals surface area contributed by atoms with Crippen molar-refractivity contribution in [1.29, 1.82) is 0 Å². The second-order valence-corrected chi connectivity index (χ2v) is 5.68. The number of hydrogen-bond donors (Lipinski definition) is 0. The molecular weight excluding hydrogens is 223 g/mol. The number of halogens is 1. The lowest BCUT2D eigenvalue weighted by molar-refractivity contribution is 0.443. The monoisotopic (exact) mass is 242 g/mol. The molecule has 0 heterocycles. The third-order valence-electron chi connectivity index (χ3n) is 4.34. The first-order chi connectivity index (χ1) is 8.75. The van der Waals surface area contributed by atoms with Crippen molar-refractivity contribution in [2.75, 3.05) is 0 Å². The summed E-state index contributed by atoms with van der Waals surface area (Å²) < 4.78 is 14.0. The van der Waals surface area contributed by atoms with Gasteiger partial charge in [0.1, 0.15) is 5.82 Å². The van der Waals surface area contributed by atoms with Crippen LogP contribution in [-0.4, -0.2) is 0 Å². The van der Waals surface area contributed by atoms with E-state index in [4.69, 9.17) is 0 Å². The molecule has 0 bridgehead atoms. The second kappa shape index (κ2) is 4.72. The van der Waals surface area contributed by atoms with Gasteiger partial charge in [-0.3, -0.25) is 0 Å². The highest BCUT2D eigenvalue weighted by atomic mass is 19.1. The molecule has 0 aromatic heterocycles. The Hall–Kier alpha value is -1.37. The summed E-state index contributed by atoms with van der Waals surface area (Å²) in [4.78, 5) is 0. The zero-order chi connectivity index (χ0) is 12.5. The quantitative estimate of drug-likeness (QED) is 0.661. The molecule has 1 aromatic carbocycles. The predicted molar refractivity (Wildman–Crippen MR) is 72.9 cm³/mol. The van der Waals surface area contributed by atoms with Crippen molar-refractivity contribution < 1.29 is 4.39 Å². The summed E-state index contributed by atoms with van der Waals surface area (Å²) in [6.07, 6.45) is 9.94. The van der Waals surface area contributed by atoms with Gasteiger partial charge in [0.05, 0.1) is 0 Å². The minimum atomic E-state index is -0.0447. The number of allylic oxidation sites excluding steroid dienone is 4. The summed E-state index contributed by atoms with van der Waals surface area (Å²) in [5.74, 6) is 1.55. The van der Waals surface area contributed by atoms with Gasteiger partial charge in [-0.25, -0.2) is 4.39 Å². The Bertz CT molecular complexity index is 498. The maximum atomic E-state index is 14.0. The van der Waals surface area contributed by atoms with Crippen LogP contribution in [0.2, 0.25) is 0 Å². The standard InChI is InChI=1S/C17H19F/c1-12-10-13-6-2-3-7-14(16(13)11-12)15-8-4-5-9-17(15)18/h2-6,8-9,12,14,16H,7,10-11H2,1H3. The van der Waals surface area contributed by atoms with Gasteiger partial charge < -0.3 is 0 Å². The normalized spacial score (nSPS) is 30.8. The Labute approximate surface area is 108 Å². The largest absolute Gasteiger partial charge is 0.207 e. The van der Waals surface area contributed by atoms with Gasteiger partial charge in [0.2, 0.25) is 0 Å². The maximum Gasteiger partial charge on any atom is 0.126 e. The Kier molecular flexibility index (Phi) is 3.07. The lowest BCUT2D eigenvalue weighted by Crippen LogP contribution is -2.12. The van der Waals surface area contributed by atoms with Gasteiger partial charge in [-0.1, -0.05) is 48.9 Å². The van der Waals surface area contributed by atoms with Crippen LogP contribution in [0, 0.1) is 17.7 Å². The molecule has 0 nitrogen and oxygen atoms in total. The minimum absolute atomic E-state index is 0.0447. The number of benzene rings is 1. The van der Waals surface area contributed by atoms with E-state index in [1.54, 1.807) is 12.1 Å². The summed E-state index contributed by atoms with van der Waals surface area (Å²) >= 11 is 0. The van der Waals surface area contributed by atoms with E-state index in [0.29, 0.717) is 11.8 Å². The van der Waals surface area contributed by atoms with Crippen LogP contribution in [-0.2, 0) is 0 Å². The smallest absolute Gasteiger partial charge is 0.126 e. The molecule has 0 saturated heterocycles. The molecule has 1 heteroatoms. The van der Waals surface area contributed by atoms with Gasteiger partial charge in [-0.2, -0.15) is 0 Å². The van der Waals surface area contributed by atoms with Crippen LogP contribution in [0.3, 0.4) is 0 Å².